The third-order valence-corrected chi connectivity index (χ3v) is 8.82. The summed E-state index contributed by atoms with van der Waals surface area (Å²) in [5.41, 5.74) is 1.20. The fraction of sp³-hybridized carbons (Fsp3) is 0.950. The zero-order chi connectivity index (χ0) is 16.5. The van der Waals surface area contributed by atoms with E-state index in [2.05, 4.69) is 19.0 Å². The van der Waals surface area contributed by atoms with E-state index >= 15 is 0 Å². The van der Waals surface area contributed by atoms with E-state index in [-0.39, 0.29) is 5.41 Å². The second-order valence-corrected chi connectivity index (χ2v) is 9.90. The number of fused-ring (bicyclic) bond motifs is 5. The molecule has 4 rings (SSSR count). The highest BCUT2D eigenvalue weighted by Gasteiger charge is 2.60. The molecule has 2 N–H and O–H groups in total. The van der Waals surface area contributed by atoms with E-state index in [9.17, 15) is 10.3 Å². The smallest absolute Gasteiger partial charge is 0.0632 e. The summed E-state index contributed by atoms with van der Waals surface area (Å²) in [7, 11) is 0. The van der Waals surface area contributed by atoms with Gasteiger partial charge in [0.25, 0.3) is 0 Å². The first-order chi connectivity index (χ1) is 10.8. The van der Waals surface area contributed by atoms with Crippen LogP contribution < -0.4 is 0 Å². The minimum absolute atomic E-state index is 0.152. The lowest BCUT2D eigenvalue weighted by Gasteiger charge is -2.61. The zero-order valence-corrected chi connectivity index (χ0v) is 15.0. The van der Waals surface area contributed by atoms with Gasteiger partial charge in [-0.1, -0.05) is 19.0 Å². The van der Waals surface area contributed by atoms with Crippen LogP contribution in [0.1, 0.15) is 78.6 Å². The van der Waals surface area contributed by atoms with Crippen molar-refractivity contribution in [2.45, 2.75) is 84.2 Å². The van der Waals surface area contributed by atoms with Gasteiger partial charge in [0.15, 0.2) is 0 Å². The molecule has 3 heteroatoms. The predicted molar refractivity (Wildman–Crippen MR) is 91.6 cm³/mol. The van der Waals surface area contributed by atoms with Crippen molar-refractivity contribution < 1.29 is 10.3 Å². The largest absolute Gasteiger partial charge is 0.411 e. The molecule has 0 bridgehead atoms. The van der Waals surface area contributed by atoms with Crippen LogP contribution in [0.15, 0.2) is 5.16 Å². The quantitative estimate of drug-likeness (QED) is 0.506. The minimum Gasteiger partial charge on any atom is -0.411 e. The van der Waals surface area contributed by atoms with Crippen LogP contribution >= 0.6 is 0 Å². The molecule has 4 saturated carbocycles. The molecule has 130 valence electrons. The Bertz CT molecular complexity index is 528. The van der Waals surface area contributed by atoms with Crippen LogP contribution in [-0.2, 0) is 0 Å². The van der Waals surface area contributed by atoms with Gasteiger partial charge >= 0.3 is 0 Å². The summed E-state index contributed by atoms with van der Waals surface area (Å²) in [6, 6.07) is 0. The summed E-state index contributed by atoms with van der Waals surface area (Å²) in [6.07, 6.45) is 10.4. The molecule has 4 aliphatic carbocycles. The Morgan fingerprint density at radius 1 is 0.957 bits per heavy atom. The van der Waals surface area contributed by atoms with Gasteiger partial charge in [-0.3, -0.25) is 0 Å². The number of rotatable bonds is 0. The number of hydrogen-bond acceptors (Lipinski definition) is 3. The van der Waals surface area contributed by atoms with Crippen LogP contribution in [0.25, 0.3) is 0 Å². The highest BCUT2D eigenvalue weighted by molar-refractivity contribution is 5.91. The van der Waals surface area contributed by atoms with Gasteiger partial charge in [0.2, 0.25) is 0 Å². The van der Waals surface area contributed by atoms with Gasteiger partial charge in [0.1, 0.15) is 0 Å². The zero-order valence-electron chi connectivity index (χ0n) is 15.0. The van der Waals surface area contributed by atoms with Gasteiger partial charge in [-0.05, 0) is 93.8 Å². The van der Waals surface area contributed by atoms with Crippen LogP contribution in [-0.4, -0.2) is 21.6 Å². The van der Waals surface area contributed by atoms with Gasteiger partial charge in [0, 0.05) is 5.41 Å². The number of oxime groups is 1. The molecule has 0 aromatic heterocycles. The third-order valence-electron chi connectivity index (χ3n) is 8.82. The van der Waals surface area contributed by atoms with Crippen LogP contribution in [0.4, 0.5) is 0 Å². The van der Waals surface area contributed by atoms with Gasteiger partial charge in [-0.15, -0.1) is 0 Å². The van der Waals surface area contributed by atoms with E-state index in [0.717, 1.165) is 36.8 Å². The van der Waals surface area contributed by atoms with Gasteiger partial charge in [-0.25, -0.2) is 0 Å². The Kier molecular flexibility index (Phi) is 3.44. The molecule has 0 spiro atoms. The van der Waals surface area contributed by atoms with E-state index < -0.39 is 5.60 Å². The van der Waals surface area contributed by atoms with Crippen LogP contribution in [0, 0.1) is 34.5 Å². The first kappa shape index (κ1) is 15.9. The van der Waals surface area contributed by atoms with E-state index in [1.165, 1.54) is 38.5 Å². The molecule has 4 aliphatic rings. The summed E-state index contributed by atoms with van der Waals surface area (Å²) >= 11 is 0. The van der Waals surface area contributed by atoms with E-state index in [1.807, 2.05) is 6.92 Å². The predicted octanol–water partition coefficient (Wildman–Crippen LogP) is 4.61. The monoisotopic (exact) mass is 319 g/mol. The van der Waals surface area contributed by atoms with Crippen molar-refractivity contribution in [2.24, 2.45) is 39.7 Å². The van der Waals surface area contributed by atoms with Gasteiger partial charge in [0.05, 0.1) is 11.3 Å². The Labute approximate surface area is 140 Å². The average Bonchev–Trinajstić information content (AvgIpc) is 2.84. The van der Waals surface area contributed by atoms with Gasteiger partial charge < -0.3 is 10.3 Å². The Morgan fingerprint density at radius 2 is 1.74 bits per heavy atom. The van der Waals surface area contributed by atoms with Crippen molar-refractivity contribution in [3.8, 4) is 0 Å². The Morgan fingerprint density at radius 3 is 2.48 bits per heavy atom. The van der Waals surface area contributed by atoms with Crippen LogP contribution in [0.5, 0.6) is 0 Å². The summed E-state index contributed by atoms with van der Waals surface area (Å²) in [4.78, 5) is 0. The highest BCUT2D eigenvalue weighted by atomic mass is 16.4. The minimum atomic E-state index is -0.440. The van der Waals surface area contributed by atoms with E-state index in [1.54, 1.807) is 0 Å². The molecule has 3 nitrogen and oxygen atoms in total. The molecule has 23 heavy (non-hydrogen) atoms. The molecule has 4 unspecified atom stereocenters. The number of aliphatic hydroxyl groups is 1. The maximum Gasteiger partial charge on any atom is 0.0632 e. The number of nitrogens with zero attached hydrogens (tertiary/aromatic N) is 1. The van der Waals surface area contributed by atoms with Crippen molar-refractivity contribution >= 4 is 5.71 Å². The molecule has 0 aliphatic heterocycles. The number of hydrogen-bond donors (Lipinski definition) is 2. The SMILES string of the molecule is C[C@]1(O)CC[C@@]2(C)C(CCC3C2CC[C@]2(C)/C(=N/O)CCC32)C1. The molecule has 0 aromatic rings. The highest BCUT2D eigenvalue weighted by Crippen LogP contribution is 2.66. The second kappa shape index (κ2) is 4.97. The summed E-state index contributed by atoms with van der Waals surface area (Å²) in [5.74, 6) is 3.03. The second-order valence-electron chi connectivity index (χ2n) is 9.90. The molecule has 0 radical (unpaired) electrons. The van der Waals surface area contributed by atoms with Crippen molar-refractivity contribution in [3.63, 3.8) is 0 Å². The van der Waals surface area contributed by atoms with Crippen LogP contribution in [0.2, 0.25) is 0 Å². The van der Waals surface area contributed by atoms with Gasteiger partial charge in [-0.2, -0.15) is 0 Å². The lowest BCUT2D eigenvalue weighted by Crippen LogP contribution is -2.55. The Balaban J connectivity index is 1.63. The average molecular weight is 319 g/mol. The summed E-state index contributed by atoms with van der Waals surface area (Å²) < 4.78 is 0. The van der Waals surface area contributed by atoms with Crippen molar-refractivity contribution in [1.82, 2.24) is 0 Å². The molecule has 7 atom stereocenters. The maximum absolute atomic E-state index is 10.5. The molecule has 0 heterocycles. The van der Waals surface area contributed by atoms with Crippen molar-refractivity contribution in [2.75, 3.05) is 0 Å². The maximum atomic E-state index is 10.5. The van der Waals surface area contributed by atoms with E-state index in [4.69, 9.17) is 0 Å². The Hall–Kier alpha value is -0.570. The first-order valence-corrected chi connectivity index (χ1v) is 9.74. The first-order valence-electron chi connectivity index (χ1n) is 9.74. The normalized spacial score (nSPS) is 57.7. The lowest BCUT2D eigenvalue weighted by molar-refractivity contribution is -0.137. The summed E-state index contributed by atoms with van der Waals surface area (Å²) in [6.45, 7) is 6.93. The van der Waals surface area contributed by atoms with E-state index in [0.29, 0.717) is 17.3 Å². The molecule has 0 saturated heterocycles. The molecular weight excluding hydrogens is 286 g/mol. The molecular formula is C20H33NO2. The summed E-state index contributed by atoms with van der Waals surface area (Å²) in [5, 5.41) is 23.6. The third kappa shape index (κ3) is 2.14. The van der Waals surface area contributed by atoms with Crippen LogP contribution in [0.3, 0.4) is 0 Å². The molecule has 0 aromatic carbocycles. The van der Waals surface area contributed by atoms with Crippen molar-refractivity contribution in [1.29, 1.82) is 0 Å². The molecule has 0 amide bonds. The topological polar surface area (TPSA) is 52.8 Å². The fourth-order valence-electron chi connectivity index (χ4n) is 7.38. The standard InChI is InChI=1S/C20H33NO2/c1-18(22)10-11-19(2)13(12-18)4-5-14-15-6-7-17(21-23)20(15,3)9-8-16(14)19/h13-16,22-23H,4-12H2,1-3H3/b21-17+/t13?,14?,15?,16?,18-,19-,20-/m0/s1. The van der Waals surface area contributed by atoms with Crippen molar-refractivity contribution in [3.05, 3.63) is 0 Å². The fourth-order valence-corrected chi connectivity index (χ4v) is 7.38. The molecule has 4 fully saturated rings. The lowest BCUT2D eigenvalue weighted by atomic mass is 9.44.